The first-order chi connectivity index (χ1) is 14.2. The van der Waals surface area contributed by atoms with Gasteiger partial charge in [-0.1, -0.05) is 0 Å². The van der Waals surface area contributed by atoms with Gasteiger partial charge in [0, 0.05) is 24.8 Å². The molecule has 2 rings (SSSR count). The third kappa shape index (κ3) is 6.70. The number of carbonyl (C=O) groups excluding carboxylic acids is 1. The van der Waals surface area contributed by atoms with Gasteiger partial charge in [-0.15, -0.1) is 0 Å². The van der Waals surface area contributed by atoms with Crippen molar-refractivity contribution in [2.24, 2.45) is 0 Å². The van der Waals surface area contributed by atoms with Crippen molar-refractivity contribution in [2.45, 2.75) is 30.5 Å². The number of sulfone groups is 1. The highest BCUT2D eigenvalue weighted by atomic mass is 32.2. The Hall–Kier alpha value is -3.10. The molecule has 0 aliphatic heterocycles. The number of benzene rings is 2. The van der Waals surface area contributed by atoms with Crippen molar-refractivity contribution >= 4 is 27.1 Å². The summed E-state index contributed by atoms with van der Waals surface area (Å²) in [4.78, 5) is 11.0. The molecule has 7 nitrogen and oxygen atoms in total. The summed E-state index contributed by atoms with van der Waals surface area (Å²) in [7, 11) is -3.94. The first-order valence-electron chi connectivity index (χ1n) is 8.91. The maximum atomic E-state index is 13.1. The molecule has 0 saturated carbocycles. The fourth-order valence-electron chi connectivity index (χ4n) is 2.77. The molecular weight excluding hydrogens is 435 g/mol. The van der Waals surface area contributed by atoms with Crippen molar-refractivity contribution in [1.29, 1.82) is 5.26 Å². The van der Waals surface area contributed by atoms with Gasteiger partial charge in [0.25, 0.3) is 0 Å². The first-order valence-corrected chi connectivity index (χ1v) is 10.6. The fraction of sp³-hybridized carbons (Fsp3) is 0.300. The number of nitrogens with zero attached hydrogens (tertiary/aromatic N) is 1. The summed E-state index contributed by atoms with van der Waals surface area (Å²) in [5, 5.41) is 24.4. The number of alkyl halides is 3. The zero-order chi connectivity index (χ0) is 23.4. The number of nitriles is 1. The lowest BCUT2D eigenvalue weighted by molar-refractivity contribution is -0.137. The van der Waals surface area contributed by atoms with E-state index in [1.165, 1.54) is 50.2 Å². The zero-order valence-electron chi connectivity index (χ0n) is 16.6. The molecule has 0 heterocycles. The second-order valence-electron chi connectivity index (χ2n) is 7.19. The molecule has 0 aromatic heterocycles. The topological polar surface area (TPSA) is 119 Å². The molecule has 0 saturated heterocycles. The van der Waals surface area contributed by atoms with E-state index in [0.29, 0.717) is 5.69 Å². The molecular formula is C20H20F3N3O4S. The summed E-state index contributed by atoms with van der Waals surface area (Å²) in [5.74, 6) is -1.02. The Morgan fingerprint density at radius 1 is 1.13 bits per heavy atom. The van der Waals surface area contributed by atoms with Crippen molar-refractivity contribution in [3.05, 3.63) is 53.6 Å². The van der Waals surface area contributed by atoms with E-state index in [1.54, 1.807) is 0 Å². The van der Waals surface area contributed by atoms with Gasteiger partial charge in [0.2, 0.25) is 5.91 Å². The fourth-order valence-corrected chi connectivity index (χ4v) is 4.41. The van der Waals surface area contributed by atoms with Gasteiger partial charge in [0.1, 0.15) is 0 Å². The number of halogens is 3. The highest BCUT2D eigenvalue weighted by Gasteiger charge is 2.34. The number of rotatable bonds is 7. The second kappa shape index (κ2) is 8.95. The van der Waals surface area contributed by atoms with E-state index < -0.39 is 38.5 Å². The van der Waals surface area contributed by atoms with Gasteiger partial charge in [0.15, 0.2) is 9.84 Å². The summed E-state index contributed by atoms with van der Waals surface area (Å²) >= 11 is 0. The van der Waals surface area contributed by atoms with Crippen LogP contribution < -0.4 is 10.6 Å². The Balaban J connectivity index is 2.12. The molecule has 2 aromatic carbocycles. The van der Waals surface area contributed by atoms with Crippen LogP contribution in [0.1, 0.15) is 25.0 Å². The van der Waals surface area contributed by atoms with E-state index in [0.717, 1.165) is 12.1 Å². The largest absolute Gasteiger partial charge is 0.417 e. The summed E-state index contributed by atoms with van der Waals surface area (Å²) in [6.45, 7) is 2.18. The van der Waals surface area contributed by atoms with Crippen LogP contribution in [0.25, 0.3) is 0 Å². The lowest BCUT2D eigenvalue weighted by atomic mass is 10.1. The number of aliphatic hydroxyl groups is 1. The van der Waals surface area contributed by atoms with E-state index in [-0.39, 0.29) is 23.0 Å². The molecule has 0 bridgehead atoms. The average Bonchev–Trinajstić information content (AvgIpc) is 2.64. The summed E-state index contributed by atoms with van der Waals surface area (Å²) in [6, 6.07) is 9.78. The highest BCUT2D eigenvalue weighted by Crippen LogP contribution is 2.33. The molecule has 3 N–H and O–H groups in total. The maximum absolute atomic E-state index is 13.1. The third-order valence-electron chi connectivity index (χ3n) is 4.15. The monoisotopic (exact) mass is 455 g/mol. The van der Waals surface area contributed by atoms with E-state index in [4.69, 9.17) is 5.26 Å². The Morgan fingerprint density at radius 2 is 1.71 bits per heavy atom. The molecule has 0 fully saturated rings. The normalized spacial score (nSPS) is 13.7. The lowest BCUT2D eigenvalue weighted by Gasteiger charge is -2.24. The minimum absolute atomic E-state index is 0.0244. The second-order valence-corrected chi connectivity index (χ2v) is 9.17. The van der Waals surface area contributed by atoms with Crippen molar-refractivity contribution in [3.8, 4) is 6.07 Å². The van der Waals surface area contributed by atoms with Crippen molar-refractivity contribution < 1.29 is 31.5 Å². The van der Waals surface area contributed by atoms with E-state index in [2.05, 4.69) is 10.6 Å². The minimum atomic E-state index is -4.74. The molecule has 31 heavy (non-hydrogen) atoms. The van der Waals surface area contributed by atoms with Crippen molar-refractivity contribution in [1.82, 2.24) is 0 Å². The minimum Gasteiger partial charge on any atom is -0.387 e. The Bertz CT molecular complexity index is 1110. The van der Waals surface area contributed by atoms with Crippen LogP contribution in [0.15, 0.2) is 47.4 Å². The molecule has 1 amide bonds. The number of nitrogens with one attached hydrogen (secondary N) is 2. The molecule has 1 unspecified atom stereocenters. The van der Waals surface area contributed by atoms with E-state index >= 15 is 0 Å². The predicted octanol–water partition coefficient (Wildman–Crippen LogP) is 3.17. The quantitative estimate of drug-likeness (QED) is 0.590. The highest BCUT2D eigenvalue weighted by molar-refractivity contribution is 7.91. The van der Waals surface area contributed by atoms with E-state index in [9.17, 15) is 31.5 Å². The summed E-state index contributed by atoms with van der Waals surface area (Å²) in [5.41, 5.74) is -3.12. The van der Waals surface area contributed by atoms with Crippen LogP contribution in [-0.2, 0) is 20.8 Å². The molecule has 0 radical (unpaired) electrons. The molecule has 0 aliphatic rings. The SMILES string of the molecule is CC(=O)Nc1ccc(S(=O)(=O)CC(C)(O)CNc2ccc(C#N)c(C(F)(F)F)c2)cc1. The molecule has 2 aromatic rings. The summed E-state index contributed by atoms with van der Waals surface area (Å²) < 4.78 is 64.4. The zero-order valence-corrected chi connectivity index (χ0v) is 17.4. The first kappa shape index (κ1) is 24.2. The van der Waals surface area contributed by atoms with Crippen molar-refractivity contribution in [3.63, 3.8) is 0 Å². The van der Waals surface area contributed by atoms with Crippen LogP contribution in [0.2, 0.25) is 0 Å². The number of hydrogen-bond donors (Lipinski definition) is 3. The third-order valence-corrected chi connectivity index (χ3v) is 6.15. The van der Waals surface area contributed by atoms with Crippen LogP contribution in [0, 0.1) is 11.3 Å². The van der Waals surface area contributed by atoms with Gasteiger partial charge in [0.05, 0.1) is 33.4 Å². The number of hydrogen-bond acceptors (Lipinski definition) is 6. The smallest absolute Gasteiger partial charge is 0.387 e. The van der Waals surface area contributed by atoms with Gasteiger partial charge >= 0.3 is 6.18 Å². The van der Waals surface area contributed by atoms with Gasteiger partial charge in [-0.25, -0.2) is 8.42 Å². The number of carbonyl (C=O) groups is 1. The van der Waals surface area contributed by atoms with Gasteiger partial charge in [-0.2, -0.15) is 18.4 Å². The van der Waals surface area contributed by atoms with Crippen LogP contribution in [0.3, 0.4) is 0 Å². The molecule has 0 aliphatic carbocycles. The van der Waals surface area contributed by atoms with Gasteiger partial charge in [-0.05, 0) is 49.4 Å². The molecule has 166 valence electrons. The van der Waals surface area contributed by atoms with Crippen LogP contribution >= 0.6 is 0 Å². The number of anilines is 2. The standard InChI is InChI=1S/C20H20F3N3O4S/c1-13(27)26-15-5-7-17(8-6-15)31(29,30)12-19(2,28)11-25-16-4-3-14(10-24)18(9-16)20(21,22)23/h3-9,25,28H,11-12H2,1-2H3,(H,26,27). The van der Waals surface area contributed by atoms with Crippen LogP contribution in [0.4, 0.5) is 24.5 Å². The summed E-state index contributed by atoms with van der Waals surface area (Å²) in [6.07, 6.45) is -4.74. The van der Waals surface area contributed by atoms with Crippen molar-refractivity contribution in [2.75, 3.05) is 22.9 Å². The maximum Gasteiger partial charge on any atom is 0.417 e. The van der Waals surface area contributed by atoms with Crippen LogP contribution in [-0.4, -0.2) is 37.3 Å². The van der Waals surface area contributed by atoms with Crippen LogP contribution in [0.5, 0.6) is 0 Å². The Kier molecular flexibility index (Phi) is 6.98. The lowest BCUT2D eigenvalue weighted by Crippen LogP contribution is -2.40. The Labute approximate surface area is 177 Å². The van der Waals surface area contributed by atoms with Gasteiger partial charge < -0.3 is 15.7 Å². The molecule has 0 spiro atoms. The van der Waals surface area contributed by atoms with E-state index in [1.807, 2.05) is 0 Å². The van der Waals surface area contributed by atoms with Gasteiger partial charge in [-0.3, -0.25) is 4.79 Å². The Morgan fingerprint density at radius 3 is 2.23 bits per heavy atom. The predicted molar refractivity (Wildman–Crippen MR) is 108 cm³/mol. The number of amides is 1. The average molecular weight is 455 g/mol. The molecule has 11 heteroatoms. The molecule has 1 atom stereocenters.